The lowest BCUT2D eigenvalue weighted by Gasteiger charge is -2.26. The zero-order chi connectivity index (χ0) is 11.6. The molecule has 2 unspecified atom stereocenters. The van der Waals surface area contributed by atoms with Crippen LogP contribution in [0.15, 0.2) is 0 Å². The highest BCUT2D eigenvalue weighted by atomic mass is 16.2. The zero-order valence-corrected chi connectivity index (χ0v) is 10.2. The summed E-state index contributed by atoms with van der Waals surface area (Å²) in [5.41, 5.74) is 5.68. The van der Waals surface area contributed by atoms with Crippen LogP contribution in [0.1, 0.15) is 27.7 Å². The molecule has 1 rings (SSSR count). The smallest absolute Gasteiger partial charge is 0.317 e. The predicted molar refractivity (Wildman–Crippen MR) is 61.6 cm³/mol. The van der Waals surface area contributed by atoms with Crippen LogP contribution in [0, 0.1) is 11.3 Å². The number of hydrogen-bond donors (Lipinski definition) is 2. The second-order valence-electron chi connectivity index (χ2n) is 5.61. The molecule has 88 valence electrons. The number of rotatable bonds is 3. The van der Waals surface area contributed by atoms with E-state index in [1.807, 2.05) is 4.90 Å². The van der Waals surface area contributed by atoms with Gasteiger partial charge in [-0.1, -0.05) is 27.7 Å². The highest BCUT2D eigenvalue weighted by Crippen LogP contribution is 2.24. The molecule has 2 amide bonds. The van der Waals surface area contributed by atoms with E-state index in [1.165, 1.54) is 0 Å². The summed E-state index contributed by atoms with van der Waals surface area (Å²) >= 11 is 0. The van der Waals surface area contributed by atoms with Crippen molar-refractivity contribution in [1.82, 2.24) is 10.2 Å². The first-order chi connectivity index (χ1) is 6.84. The molecule has 1 saturated heterocycles. The van der Waals surface area contributed by atoms with Gasteiger partial charge in [-0.25, -0.2) is 4.79 Å². The van der Waals surface area contributed by atoms with Crippen LogP contribution in [0.3, 0.4) is 0 Å². The molecular formula is C11H23N3O. The number of nitrogens with one attached hydrogen (secondary N) is 1. The Morgan fingerprint density at radius 2 is 2.20 bits per heavy atom. The van der Waals surface area contributed by atoms with Crippen molar-refractivity contribution in [3.05, 3.63) is 0 Å². The van der Waals surface area contributed by atoms with Crippen molar-refractivity contribution in [2.45, 2.75) is 33.7 Å². The zero-order valence-electron chi connectivity index (χ0n) is 10.2. The minimum Gasteiger partial charge on any atom is -0.333 e. The molecule has 3 N–H and O–H groups in total. The summed E-state index contributed by atoms with van der Waals surface area (Å²) in [4.78, 5) is 13.5. The van der Waals surface area contributed by atoms with Crippen molar-refractivity contribution in [2.24, 2.45) is 17.1 Å². The standard InChI is InChI=1S/C11H23N3O/c1-8(5-12)6-14-7-9(11(2,3)4)13-10(14)15/h8-9H,5-7,12H2,1-4H3,(H,13,15). The van der Waals surface area contributed by atoms with Crippen LogP contribution in [0.25, 0.3) is 0 Å². The molecule has 4 heteroatoms. The van der Waals surface area contributed by atoms with Gasteiger partial charge in [0.1, 0.15) is 0 Å². The highest BCUT2D eigenvalue weighted by Gasteiger charge is 2.36. The van der Waals surface area contributed by atoms with Gasteiger partial charge in [0.2, 0.25) is 0 Å². The summed E-state index contributed by atoms with van der Waals surface area (Å²) in [5, 5.41) is 3.02. The molecule has 15 heavy (non-hydrogen) atoms. The van der Waals surface area contributed by atoms with Crippen LogP contribution < -0.4 is 11.1 Å². The number of urea groups is 1. The topological polar surface area (TPSA) is 58.4 Å². The van der Waals surface area contributed by atoms with Crippen molar-refractivity contribution in [1.29, 1.82) is 0 Å². The van der Waals surface area contributed by atoms with Gasteiger partial charge in [-0.05, 0) is 17.9 Å². The van der Waals surface area contributed by atoms with Gasteiger partial charge >= 0.3 is 6.03 Å². The van der Waals surface area contributed by atoms with Crippen molar-refractivity contribution >= 4 is 6.03 Å². The molecule has 0 aromatic rings. The van der Waals surface area contributed by atoms with E-state index >= 15 is 0 Å². The van der Waals surface area contributed by atoms with E-state index in [4.69, 9.17) is 5.73 Å². The summed E-state index contributed by atoms with van der Waals surface area (Å²) in [6, 6.07) is 0.296. The SMILES string of the molecule is CC(CN)CN1CC(C(C)(C)C)NC1=O. The van der Waals surface area contributed by atoms with Crippen LogP contribution in [0.5, 0.6) is 0 Å². The second kappa shape index (κ2) is 4.39. The maximum absolute atomic E-state index is 11.7. The molecule has 1 fully saturated rings. The Kier molecular flexibility index (Phi) is 3.60. The van der Waals surface area contributed by atoms with E-state index in [9.17, 15) is 4.79 Å². The van der Waals surface area contributed by atoms with Gasteiger partial charge in [0.15, 0.2) is 0 Å². The maximum atomic E-state index is 11.7. The molecule has 1 aliphatic rings. The Morgan fingerprint density at radius 1 is 1.60 bits per heavy atom. The molecule has 0 aromatic carbocycles. The van der Waals surface area contributed by atoms with Crippen molar-refractivity contribution in [2.75, 3.05) is 19.6 Å². The summed E-state index contributed by atoms with van der Waals surface area (Å²) in [5.74, 6) is 0.370. The fraction of sp³-hybridized carbons (Fsp3) is 0.909. The summed E-state index contributed by atoms with van der Waals surface area (Å²) in [6.45, 7) is 10.7. The minimum absolute atomic E-state index is 0.0511. The van der Waals surface area contributed by atoms with Gasteiger partial charge < -0.3 is 16.0 Å². The quantitative estimate of drug-likeness (QED) is 0.735. The van der Waals surface area contributed by atoms with E-state index in [2.05, 4.69) is 33.0 Å². The van der Waals surface area contributed by atoms with Crippen molar-refractivity contribution in [3.8, 4) is 0 Å². The third kappa shape index (κ3) is 3.09. The molecule has 0 spiro atoms. The van der Waals surface area contributed by atoms with Crippen molar-refractivity contribution in [3.63, 3.8) is 0 Å². The summed E-state index contributed by atoms with van der Waals surface area (Å²) in [6.07, 6.45) is 0. The van der Waals surface area contributed by atoms with Crippen LogP contribution in [-0.2, 0) is 0 Å². The van der Waals surface area contributed by atoms with Crippen LogP contribution in [0.4, 0.5) is 4.79 Å². The first-order valence-corrected chi connectivity index (χ1v) is 5.60. The Balaban J connectivity index is 2.53. The Morgan fingerprint density at radius 3 is 2.60 bits per heavy atom. The van der Waals surface area contributed by atoms with E-state index in [0.29, 0.717) is 12.5 Å². The van der Waals surface area contributed by atoms with E-state index in [1.54, 1.807) is 0 Å². The largest absolute Gasteiger partial charge is 0.333 e. The van der Waals surface area contributed by atoms with Gasteiger partial charge in [-0.15, -0.1) is 0 Å². The normalized spacial score (nSPS) is 24.2. The maximum Gasteiger partial charge on any atom is 0.317 e. The van der Waals surface area contributed by atoms with Gasteiger partial charge in [-0.3, -0.25) is 0 Å². The lowest BCUT2D eigenvalue weighted by atomic mass is 9.87. The molecule has 0 aromatic heterocycles. The summed E-state index contributed by atoms with van der Waals surface area (Å²) in [7, 11) is 0. The monoisotopic (exact) mass is 213 g/mol. The number of nitrogens with two attached hydrogens (primary N) is 1. The molecule has 0 aliphatic carbocycles. The van der Waals surface area contributed by atoms with Gasteiger partial charge in [-0.2, -0.15) is 0 Å². The summed E-state index contributed by atoms with van der Waals surface area (Å²) < 4.78 is 0. The molecule has 4 nitrogen and oxygen atoms in total. The Labute approximate surface area is 92.2 Å². The fourth-order valence-corrected chi connectivity index (χ4v) is 1.69. The van der Waals surface area contributed by atoms with Crippen molar-refractivity contribution < 1.29 is 4.79 Å². The minimum atomic E-state index is 0.0511. The van der Waals surface area contributed by atoms with Crippen LogP contribution >= 0.6 is 0 Å². The number of carbonyl (C=O) groups excluding carboxylic acids is 1. The number of amides is 2. The molecule has 0 radical (unpaired) electrons. The second-order valence-corrected chi connectivity index (χ2v) is 5.61. The van der Waals surface area contributed by atoms with Gasteiger partial charge in [0, 0.05) is 13.1 Å². The van der Waals surface area contributed by atoms with E-state index < -0.39 is 0 Å². The average molecular weight is 213 g/mol. The lowest BCUT2D eigenvalue weighted by Crippen LogP contribution is -2.38. The van der Waals surface area contributed by atoms with Gasteiger partial charge in [0.05, 0.1) is 6.04 Å². The lowest BCUT2D eigenvalue weighted by molar-refractivity contribution is 0.210. The number of nitrogens with zero attached hydrogens (tertiary/aromatic N) is 1. The predicted octanol–water partition coefficient (Wildman–Crippen LogP) is 1.02. The average Bonchev–Trinajstić information content (AvgIpc) is 2.47. The van der Waals surface area contributed by atoms with E-state index in [0.717, 1.165) is 13.1 Å². The third-order valence-corrected chi connectivity index (χ3v) is 2.97. The fourth-order valence-electron chi connectivity index (χ4n) is 1.69. The highest BCUT2D eigenvalue weighted by molar-refractivity contribution is 5.77. The molecular weight excluding hydrogens is 190 g/mol. The Bertz CT molecular complexity index is 234. The van der Waals surface area contributed by atoms with Crippen LogP contribution in [-0.4, -0.2) is 36.6 Å². The van der Waals surface area contributed by atoms with Crippen LogP contribution in [0.2, 0.25) is 0 Å². The molecule has 1 aliphatic heterocycles. The Hall–Kier alpha value is -0.770. The molecule has 0 bridgehead atoms. The first-order valence-electron chi connectivity index (χ1n) is 5.60. The molecule has 1 heterocycles. The van der Waals surface area contributed by atoms with E-state index in [-0.39, 0.29) is 17.5 Å². The first kappa shape index (κ1) is 12.3. The number of hydrogen-bond acceptors (Lipinski definition) is 2. The molecule has 0 saturated carbocycles. The van der Waals surface area contributed by atoms with Gasteiger partial charge in [0.25, 0.3) is 0 Å². The number of carbonyl (C=O) groups is 1. The third-order valence-electron chi connectivity index (χ3n) is 2.97. The molecule has 2 atom stereocenters.